The summed E-state index contributed by atoms with van der Waals surface area (Å²) in [6.07, 6.45) is 5.45. The van der Waals surface area contributed by atoms with Crippen LogP contribution in [-0.4, -0.2) is 11.6 Å². The van der Waals surface area contributed by atoms with Crippen LogP contribution in [-0.2, 0) is 11.3 Å². The second-order valence-corrected chi connectivity index (χ2v) is 5.31. The number of benzene rings is 1. The van der Waals surface area contributed by atoms with Gasteiger partial charge >= 0.3 is 6.09 Å². The Bertz CT molecular complexity index is 383. The van der Waals surface area contributed by atoms with Crippen LogP contribution in [0.15, 0.2) is 30.3 Å². The van der Waals surface area contributed by atoms with Crippen molar-refractivity contribution in [2.45, 2.75) is 51.2 Å². The van der Waals surface area contributed by atoms with Gasteiger partial charge in [-0.05, 0) is 25.3 Å². The molecule has 0 unspecified atom stereocenters. The quantitative estimate of drug-likeness (QED) is 0.885. The van der Waals surface area contributed by atoms with E-state index in [2.05, 4.69) is 12.2 Å². The van der Waals surface area contributed by atoms with Crippen LogP contribution in [0.4, 0.5) is 4.79 Å². The summed E-state index contributed by atoms with van der Waals surface area (Å²) in [4.78, 5) is 11.8. The largest absolute Gasteiger partial charge is 0.445 e. The van der Waals surface area contributed by atoms with Crippen LogP contribution in [0.2, 0.25) is 0 Å². The Morgan fingerprint density at radius 2 is 1.89 bits per heavy atom. The summed E-state index contributed by atoms with van der Waals surface area (Å²) >= 11 is 0. The molecule has 1 fully saturated rings. The average molecular weight is 247 g/mol. The van der Waals surface area contributed by atoms with Crippen molar-refractivity contribution in [3.05, 3.63) is 35.9 Å². The third kappa shape index (κ3) is 3.76. The van der Waals surface area contributed by atoms with Gasteiger partial charge in [-0.3, -0.25) is 0 Å². The van der Waals surface area contributed by atoms with Crippen molar-refractivity contribution < 1.29 is 9.53 Å². The van der Waals surface area contributed by atoms with Crippen LogP contribution in [0.1, 0.15) is 44.6 Å². The monoisotopic (exact) mass is 247 g/mol. The second kappa shape index (κ2) is 5.89. The lowest BCUT2D eigenvalue weighted by atomic mass is 9.83. The normalized spacial score (nSPS) is 18.1. The maximum atomic E-state index is 11.8. The van der Waals surface area contributed by atoms with Gasteiger partial charge in [0.15, 0.2) is 0 Å². The van der Waals surface area contributed by atoms with Crippen LogP contribution in [0.5, 0.6) is 0 Å². The van der Waals surface area contributed by atoms with Crippen LogP contribution in [0.3, 0.4) is 0 Å². The Kier molecular flexibility index (Phi) is 4.24. The van der Waals surface area contributed by atoms with Gasteiger partial charge in [-0.2, -0.15) is 0 Å². The van der Waals surface area contributed by atoms with Gasteiger partial charge in [-0.15, -0.1) is 0 Å². The highest BCUT2D eigenvalue weighted by atomic mass is 16.5. The topological polar surface area (TPSA) is 38.3 Å². The highest BCUT2D eigenvalue weighted by molar-refractivity contribution is 5.68. The van der Waals surface area contributed by atoms with Gasteiger partial charge in [-0.1, -0.05) is 49.6 Å². The van der Waals surface area contributed by atoms with Crippen molar-refractivity contribution >= 4 is 6.09 Å². The molecule has 0 bridgehead atoms. The van der Waals surface area contributed by atoms with E-state index in [0.29, 0.717) is 6.61 Å². The molecule has 0 radical (unpaired) electrons. The molecule has 1 amide bonds. The van der Waals surface area contributed by atoms with E-state index in [1.807, 2.05) is 30.3 Å². The van der Waals surface area contributed by atoms with Crippen molar-refractivity contribution in [3.8, 4) is 0 Å². The molecule has 2 rings (SSSR count). The third-order valence-electron chi connectivity index (χ3n) is 3.57. The van der Waals surface area contributed by atoms with E-state index in [1.54, 1.807) is 0 Å². The standard InChI is InChI=1S/C15H21NO2/c1-15(10-6-3-7-11-15)16-14(17)18-12-13-8-4-2-5-9-13/h2,4-5,8-9H,3,6-7,10-12H2,1H3,(H,16,17). The number of ether oxygens (including phenoxy) is 1. The Hall–Kier alpha value is -1.51. The second-order valence-electron chi connectivity index (χ2n) is 5.31. The molecule has 0 spiro atoms. The van der Waals surface area contributed by atoms with E-state index in [-0.39, 0.29) is 11.6 Å². The lowest BCUT2D eigenvalue weighted by molar-refractivity contribution is 0.121. The summed E-state index contributed by atoms with van der Waals surface area (Å²) in [5.41, 5.74) is 0.938. The Labute approximate surface area is 109 Å². The molecule has 0 aromatic heterocycles. The summed E-state index contributed by atoms with van der Waals surface area (Å²) in [6.45, 7) is 2.44. The van der Waals surface area contributed by atoms with E-state index in [4.69, 9.17) is 4.74 Å². The average Bonchev–Trinajstić information content (AvgIpc) is 2.38. The fourth-order valence-electron chi connectivity index (χ4n) is 2.46. The number of carbonyl (C=O) groups excluding carboxylic acids is 1. The number of hydrogen-bond acceptors (Lipinski definition) is 2. The first-order valence-electron chi connectivity index (χ1n) is 6.67. The zero-order chi connectivity index (χ0) is 12.8. The smallest absolute Gasteiger partial charge is 0.407 e. The molecule has 3 nitrogen and oxygen atoms in total. The first-order valence-corrected chi connectivity index (χ1v) is 6.67. The maximum absolute atomic E-state index is 11.8. The summed E-state index contributed by atoms with van der Waals surface area (Å²) in [7, 11) is 0. The summed E-state index contributed by atoms with van der Waals surface area (Å²) < 4.78 is 5.25. The Balaban J connectivity index is 1.78. The maximum Gasteiger partial charge on any atom is 0.407 e. The van der Waals surface area contributed by atoms with E-state index < -0.39 is 0 Å². The van der Waals surface area contributed by atoms with Crippen molar-refractivity contribution in [3.63, 3.8) is 0 Å². The van der Waals surface area contributed by atoms with Crippen LogP contribution in [0.25, 0.3) is 0 Å². The van der Waals surface area contributed by atoms with Crippen molar-refractivity contribution in [1.29, 1.82) is 0 Å². The molecule has 1 N–H and O–H groups in total. The fourth-order valence-corrected chi connectivity index (χ4v) is 2.46. The highest BCUT2D eigenvalue weighted by Gasteiger charge is 2.28. The number of rotatable bonds is 3. The highest BCUT2D eigenvalue weighted by Crippen LogP contribution is 2.27. The first kappa shape index (κ1) is 12.9. The molecule has 1 saturated carbocycles. The molecule has 0 heterocycles. The summed E-state index contributed by atoms with van der Waals surface area (Å²) in [6, 6.07) is 9.75. The van der Waals surface area contributed by atoms with E-state index in [9.17, 15) is 4.79 Å². The zero-order valence-corrected chi connectivity index (χ0v) is 10.9. The van der Waals surface area contributed by atoms with Crippen LogP contribution >= 0.6 is 0 Å². The van der Waals surface area contributed by atoms with Gasteiger partial charge in [0.05, 0.1) is 0 Å². The molecule has 18 heavy (non-hydrogen) atoms. The lowest BCUT2D eigenvalue weighted by Gasteiger charge is -2.33. The minimum atomic E-state index is -0.303. The van der Waals surface area contributed by atoms with Gasteiger partial charge in [0.2, 0.25) is 0 Å². The van der Waals surface area contributed by atoms with E-state index in [1.165, 1.54) is 19.3 Å². The molecule has 98 valence electrons. The molecule has 0 saturated heterocycles. The third-order valence-corrected chi connectivity index (χ3v) is 3.57. The molecule has 3 heteroatoms. The summed E-state index contributed by atoms with van der Waals surface area (Å²) in [5.74, 6) is 0. The van der Waals surface area contributed by atoms with Gasteiger partial charge in [0, 0.05) is 5.54 Å². The Morgan fingerprint density at radius 1 is 1.22 bits per heavy atom. The molecular weight excluding hydrogens is 226 g/mol. The van der Waals surface area contributed by atoms with E-state index >= 15 is 0 Å². The predicted octanol–water partition coefficient (Wildman–Crippen LogP) is 3.64. The Morgan fingerprint density at radius 3 is 2.56 bits per heavy atom. The number of amides is 1. The summed E-state index contributed by atoms with van der Waals surface area (Å²) in [5, 5.41) is 3.00. The van der Waals surface area contributed by atoms with Gasteiger partial charge < -0.3 is 10.1 Å². The fraction of sp³-hybridized carbons (Fsp3) is 0.533. The predicted molar refractivity (Wildman–Crippen MR) is 71.3 cm³/mol. The molecule has 1 aromatic rings. The van der Waals surface area contributed by atoms with Crippen molar-refractivity contribution in [2.24, 2.45) is 0 Å². The molecule has 0 atom stereocenters. The zero-order valence-electron chi connectivity index (χ0n) is 10.9. The number of hydrogen-bond donors (Lipinski definition) is 1. The minimum absolute atomic E-state index is 0.0774. The molecule has 1 aliphatic carbocycles. The van der Waals surface area contributed by atoms with Crippen molar-refractivity contribution in [1.82, 2.24) is 5.32 Å². The molecule has 1 aromatic carbocycles. The number of nitrogens with one attached hydrogen (secondary N) is 1. The van der Waals surface area contributed by atoms with Crippen LogP contribution in [0, 0.1) is 0 Å². The SMILES string of the molecule is CC1(NC(=O)OCc2ccccc2)CCCCC1. The minimum Gasteiger partial charge on any atom is -0.445 e. The van der Waals surface area contributed by atoms with E-state index in [0.717, 1.165) is 18.4 Å². The molecule has 0 aliphatic heterocycles. The van der Waals surface area contributed by atoms with Gasteiger partial charge in [0.1, 0.15) is 6.61 Å². The molecule has 1 aliphatic rings. The lowest BCUT2D eigenvalue weighted by Crippen LogP contribution is -2.47. The van der Waals surface area contributed by atoms with Gasteiger partial charge in [0.25, 0.3) is 0 Å². The molecular formula is C15H21NO2. The first-order chi connectivity index (χ1) is 8.68. The van der Waals surface area contributed by atoms with Gasteiger partial charge in [-0.25, -0.2) is 4.79 Å². The number of alkyl carbamates (subject to hydrolysis) is 1. The van der Waals surface area contributed by atoms with Crippen molar-refractivity contribution in [2.75, 3.05) is 0 Å². The number of carbonyl (C=O) groups is 1. The van der Waals surface area contributed by atoms with Crippen LogP contribution < -0.4 is 5.32 Å².